The fourth-order valence-corrected chi connectivity index (χ4v) is 1.86. The lowest BCUT2D eigenvalue weighted by Crippen LogP contribution is -2.29. The maximum absolute atomic E-state index is 12.2. The van der Waals surface area contributed by atoms with Crippen LogP contribution in [0.25, 0.3) is 10.9 Å². The number of ether oxygens (including phenoxy) is 1. The highest BCUT2D eigenvalue weighted by molar-refractivity contribution is 5.97. The molecule has 1 N–H and O–H groups in total. The molecule has 0 unspecified atom stereocenters. The molecular formula is C14H16N2O3. The van der Waals surface area contributed by atoms with E-state index in [-0.39, 0.29) is 18.3 Å². The van der Waals surface area contributed by atoms with E-state index in [2.05, 4.69) is 9.72 Å². The zero-order chi connectivity index (χ0) is 13.8. The summed E-state index contributed by atoms with van der Waals surface area (Å²) in [7, 11) is 3.01. The Morgan fingerprint density at radius 2 is 2.11 bits per heavy atom. The van der Waals surface area contributed by atoms with Gasteiger partial charge in [0.2, 0.25) is 0 Å². The fraction of sp³-hybridized carbons (Fsp3) is 0.286. The van der Waals surface area contributed by atoms with E-state index in [1.54, 1.807) is 13.1 Å². The van der Waals surface area contributed by atoms with Gasteiger partial charge in [0.05, 0.1) is 13.5 Å². The number of amides is 1. The van der Waals surface area contributed by atoms with Crippen LogP contribution >= 0.6 is 0 Å². The van der Waals surface area contributed by atoms with Gasteiger partial charge in [0.15, 0.2) is 0 Å². The van der Waals surface area contributed by atoms with Gasteiger partial charge in [-0.1, -0.05) is 6.07 Å². The van der Waals surface area contributed by atoms with Crippen LogP contribution in [0.15, 0.2) is 30.5 Å². The second-order valence-corrected chi connectivity index (χ2v) is 4.33. The molecule has 0 aliphatic carbocycles. The standard InChI is InChI=1S/C14H16N2O3/c1-16(8-6-13(17)19-2)14(18)11-4-3-10-5-7-15-12(10)9-11/h3-5,7,9,15H,6,8H2,1-2H3. The number of esters is 1. The third-order valence-corrected chi connectivity index (χ3v) is 3.03. The summed E-state index contributed by atoms with van der Waals surface area (Å²) in [5.74, 6) is -0.431. The molecule has 0 bridgehead atoms. The van der Waals surface area contributed by atoms with E-state index >= 15 is 0 Å². The van der Waals surface area contributed by atoms with E-state index in [9.17, 15) is 9.59 Å². The van der Waals surface area contributed by atoms with Crippen molar-refractivity contribution in [1.82, 2.24) is 9.88 Å². The van der Waals surface area contributed by atoms with Gasteiger partial charge in [-0.2, -0.15) is 0 Å². The first-order valence-electron chi connectivity index (χ1n) is 6.01. The third-order valence-electron chi connectivity index (χ3n) is 3.03. The monoisotopic (exact) mass is 260 g/mol. The topological polar surface area (TPSA) is 62.4 Å². The van der Waals surface area contributed by atoms with E-state index in [1.807, 2.05) is 24.4 Å². The number of H-pyrrole nitrogens is 1. The lowest BCUT2D eigenvalue weighted by atomic mass is 10.1. The predicted molar refractivity (Wildman–Crippen MR) is 71.9 cm³/mol. The minimum atomic E-state index is -0.320. The summed E-state index contributed by atoms with van der Waals surface area (Å²) in [6, 6.07) is 7.44. The third kappa shape index (κ3) is 2.93. The Kier molecular flexibility index (Phi) is 3.85. The van der Waals surface area contributed by atoms with Crippen molar-refractivity contribution in [3.8, 4) is 0 Å². The van der Waals surface area contributed by atoms with Crippen LogP contribution < -0.4 is 0 Å². The van der Waals surface area contributed by atoms with Gasteiger partial charge in [-0.25, -0.2) is 0 Å². The number of aromatic nitrogens is 1. The van der Waals surface area contributed by atoms with Gasteiger partial charge in [0.25, 0.3) is 5.91 Å². The number of hydrogen-bond donors (Lipinski definition) is 1. The van der Waals surface area contributed by atoms with Crippen molar-refractivity contribution in [2.75, 3.05) is 20.7 Å². The number of nitrogens with zero attached hydrogens (tertiary/aromatic N) is 1. The molecule has 0 atom stereocenters. The van der Waals surface area contributed by atoms with Gasteiger partial charge in [-0.15, -0.1) is 0 Å². The Balaban J connectivity index is 2.07. The highest BCUT2D eigenvalue weighted by Crippen LogP contribution is 2.15. The Hall–Kier alpha value is -2.30. The highest BCUT2D eigenvalue weighted by Gasteiger charge is 2.13. The molecule has 0 saturated carbocycles. The van der Waals surface area contributed by atoms with E-state index in [1.165, 1.54) is 12.0 Å². The largest absolute Gasteiger partial charge is 0.469 e. The number of methoxy groups -OCH3 is 1. The molecule has 0 aliphatic rings. The Bertz CT molecular complexity index is 604. The normalized spacial score (nSPS) is 10.4. The van der Waals surface area contributed by atoms with Crippen LogP contribution in [0.2, 0.25) is 0 Å². The second-order valence-electron chi connectivity index (χ2n) is 4.33. The van der Waals surface area contributed by atoms with Crippen LogP contribution in [-0.4, -0.2) is 42.5 Å². The summed E-state index contributed by atoms with van der Waals surface area (Å²) in [5.41, 5.74) is 1.52. The van der Waals surface area contributed by atoms with Crippen molar-refractivity contribution in [2.24, 2.45) is 0 Å². The molecule has 0 spiro atoms. The average Bonchev–Trinajstić information content (AvgIpc) is 2.90. The van der Waals surface area contributed by atoms with E-state index in [0.717, 1.165) is 10.9 Å². The summed E-state index contributed by atoms with van der Waals surface area (Å²) in [6.45, 7) is 0.342. The van der Waals surface area contributed by atoms with E-state index < -0.39 is 0 Å². The van der Waals surface area contributed by atoms with Crippen molar-refractivity contribution < 1.29 is 14.3 Å². The maximum Gasteiger partial charge on any atom is 0.307 e. The van der Waals surface area contributed by atoms with Crippen LogP contribution in [0.5, 0.6) is 0 Å². The van der Waals surface area contributed by atoms with Crippen LogP contribution in [-0.2, 0) is 9.53 Å². The molecule has 2 aromatic rings. The Morgan fingerprint density at radius 3 is 2.84 bits per heavy atom. The number of hydrogen-bond acceptors (Lipinski definition) is 3. The van der Waals surface area contributed by atoms with Crippen molar-refractivity contribution in [3.05, 3.63) is 36.0 Å². The number of carbonyl (C=O) groups is 2. The molecule has 5 heteroatoms. The molecular weight excluding hydrogens is 244 g/mol. The molecule has 0 fully saturated rings. The lowest BCUT2D eigenvalue weighted by molar-refractivity contribution is -0.140. The van der Waals surface area contributed by atoms with Crippen LogP contribution in [0.4, 0.5) is 0 Å². The molecule has 0 saturated heterocycles. The second kappa shape index (κ2) is 5.56. The zero-order valence-electron chi connectivity index (χ0n) is 11.0. The van der Waals surface area contributed by atoms with E-state index in [4.69, 9.17) is 0 Å². The number of nitrogens with one attached hydrogen (secondary N) is 1. The van der Waals surface area contributed by atoms with Crippen LogP contribution in [0, 0.1) is 0 Å². The summed E-state index contributed by atoms with van der Waals surface area (Å²) < 4.78 is 4.55. The van der Waals surface area contributed by atoms with Gasteiger partial charge >= 0.3 is 5.97 Å². The quantitative estimate of drug-likeness (QED) is 0.853. The molecule has 0 radical (unpaired) electrons. The molecule has 1 heterocycles. The van der Waals surface area contributed by atoms with Gasteiger partial charge in [0.1, 0.15) is 0 Å². The Labute approximate surface area is 111 Å². The molecule has 19 heavy (non-hydrogen) atoms. The van der Waals surface area contributed by atoms with Crippen molar-refractivity contribution in [2.45, 2.75) is 6.42 Å². The first kappa shape index (κ1) is 13.1. The predicted octanol–water partition coefficient (Wildman–Crippen LogP) is 1.80. The first-order chi connectivity index (χ1) is 9.11. The first-order valence-corrected chi connectivity index (χ1v) is 6.01. The fourth-order valence-electron chi connectivity index (χ4n) is 1.86. The number of aromatic amines is 1. The molecule has 1 amide bonds. The van der Waals surface area contributed by atoms with Crippen molar-refractivity contribution in [3.63, 3.8) is 0 Å². The number of carbonyl (C=O) groups excluding carboxylic acids is 2. The minimum absolute atomic E-state index is 0.111. The summed E-state index contributed by atoms with van der Waals surface area (Å²) in [6.07, 6.45) is 2.03. The van der Waals surface area contributed by atoms with Gasteiger partial charge in [0, 0.05) is 30.9 Å². The maximum atomic E-state index is 12.2. The Morgan fingerprint density at radius 1 is 1.32 bits per heavy atom. The summed E-state index contributed by atoms with van der Waals surface area (Å²) >= 11 is 0. The number of rotatable bonds is 4. The minimum Gasteiger partial charge on any atom is -0.469 e. The highest BCUT2D eigenvalue weighted by atomic mass is 16.5. The molecule has 1 aromatic heterocycles. The number of benzene rings is 1. The van der Waals surface area contributed by atoms with E-state index in [0.29, 0.717) is 12.1 Å². The van der Waals surface area contributed by atoms with Gasteiger partial charge in [-0.05, 0) is 23.6 Å². The molecule has 100 valence electrons. The molecule has 0 aliphatic heterocycles. The molecule has 2 rings (SSSR count). The van der Waals surface area contributed by atoms with Crippen molar-refractivity contribution >= 4 is 22.8 Å². The zero-order valence-corrected chi connectivity index (χ0v) is 11.0. The number of fused-ring (bicyclic) bond motifs is 1. The summed E-state index contributed by atoms with van der Waals surface area (Å²) in [5, 5.41) is 1.06. The molecule has 1 aromatic carbocycles. The summed E-state index contributed by atoms with van der Waals surface area (Å²) in [4.78, 5) is 27.8. The van der Waals surface area contributed by atoms with Crippen LogP contribution in [0.3, 0.4) is 0 Å². The van der Waals surface area contributed by atoms with Gasteiger partial charge in [-0.3, -0.25) is 9.59 Å². The van der Waals surface area contributed by atoms with Gasteiger partial charge < -0.3 is 14.6 Å². The molecule has 5 nitrogen and oxygen atoms in total. The SMILES string of the molecule is COC(=O)CCN(C)C(=O)c1ccc2cc[nH]c2c1. The smallest absolute Gasteiger partial charge is 0.307 e. The van der Waals surface area contributed by atoms with Crippen molar-refractivity contribution in [1.29, 1.82) is 0 Å². The van der Waals surface area contributed by atoms with Crippen LogP contribution in [0.1, 0.15) is 16.8 Å². The lowest BCUT2D eigenvalue weighted by Gasteiger charge is -2.16. The average molecular weight is 260 g/mol.